The molecular formula is C18H8F6N2O. The van der Waals surface area contributed by atoms with E-state index in [-0.39, 0.29) is 28.1 Å². The molecule has 0 bridgehead atoms. The highest BCUT2D eigenvalue weighted by Gasteiger charge is 2.31. The maximum absolute atomic E-state index is 14.3. The molecule has 1 heterocycles. The summed E-state index contributed by atoms with van der Waals surface area (Å²) in [7, 11) is 0. The summed E-state index contributed by atoms with van der Waals surface area (Å²) in [6, 6.07) is 3.89. The molecule has 0 aliphatic rings. The third-order valence-corrected chi connectivity index (χ3v) is 4.03. The molecule has 2 aromatic carbocycles. The molecule has 3 rings (SSSR count). The van der Waals surface area contributed by atoms with Crippen LogP contribution in [0.3, 0.4) is 0 Å². The highest BCUT2D eigenvalue weighted by molar-refractivity contribution is 5.83. The van der Waals surface area contributed by atoms with Crippen LogP contribution in [0.2, 0.25) is 0 Å². The second-order valence-corrected chi connectivity index (χ2v) is 5.70. The van der Waals surface area contributed by atoms with Crippen LogP contribution in [0, 0.1) is 28.8 Å². The number of benzene rings is 2. The lowest BCUT2D eigenvalue weighted by Gasteiger charge is -2.12. The van der Waals surface area contributed by atoms with Gasteiger partial charge in [0.15, 0.2) is 11.6 Å². The van der Waals surface area contributed by atoms with E-state index in [1.807, 2.05) is 0 Å². The van der Waals surface area contributed by atoms with Crippen molar-refractivity contribution in [3.63, 3.8) is 0 Å². The number of hydrogen-bond acceptors (Lipinski definition) is 2. The predicted octanol–water partition coefficient (Wildman–Crippen LogP) is 4.43. The van der Waals surface area contributed by atoms with Crippen molar-refractivity contribution in [3.05, 3.63) is 80.4 Å². The summed E-state index contributed by atoms with van der Waals surface area (Å²) in [6.07, 6.45) is -4.37. The summed E-state index contributed by atoms with van der Waals surface area (Å²) in [4.78, 5) is 14.6. The quantitative estimate of drug-likeness (QED) is 0.667. The number of rotatable bonds is 2. The fourth-order valence-corrected chi connectivity index (χ4v) is 2.68. The lowest BCUT2D eigenvalue weighted by molar-refractivity contribution is -0.137. The van der Waals surface area contributed by atoms with Gasteiger partial charge in [0.2, 0.25) is 5.43 Å². The van der Waals surface area contributed by atoms with Gasteiger partial charge in [-0.1, -0.05) is 6.07 Å². The van der Waals surface area contributed by atoms with Gasteiger partial charge in [-0.25, -0.2) is 13.2 Å². The van der Waals surface area contributed by atoms with E-state index in [1.165, 1.54) is 0 Å². The van der Waals surface area contributed by atoms with Gasteiger partial charge in [0.1, 0.15) is 17.4 Å². The van der Waals surface area contributed by atoms with Crippen LogP contribution >= 0.6 is 0 Å². The Morgan fingerprint density at radius 1 is 1.07 bits per heavy atom. The normalized spacial score (nSPS) is 11.6. The van der Waals surface area contributed by atoms with E-state index in [0.717, 1.165) is 12.3 Å². The minimum Gasteiger partial charge on any atom is -0.359 e. The van der Waals surface area contributed by atoms with Gasteiger partial charge in [0.05, 0.1) is 16.5 Å². The monoisotopic (exact) mass is 382 g/mol. The molecule has 0 fully saturated rings. The average Bonchev–Trinajstić information content (AvgIpc) is 2.60. The highest BCUT2D eigenvalue weighted by atomic mass is 19.4. The molecule has 3 nitrogen and oxygen atoms in total. The van der Waals surface area contributed by atoms with Crippen molar-refractivity contribution in [2.75, 3.05) is 0 Å². The van der Waals surface area contributed by atoms with Crippen LogP contribution in [0.15, 0.2) is 35.3 Å². The fourth-order valence-electron chi connectivity index (χ4n) is 2.68. The lowest BCUT2D eigenvalue weighted by atomic mass is 9.98. The zero-order valence-electron chi connectivity index (χ0n) is 13.2. The summed E-state index contributed by atoms with van der Waals surface area (Å²) in [6.45, 7) is 0. The van der Waals surface area contributed by atoms with Crippen LogP contribution < -0.4 is 5.43 Å². The van der Waals surface area contributed by atoms with E-state index >= 15 is 0 Å². The Kier molecular flexibility index (Phi) is 4.43. The van der Waals surface area contributed by atoms with E-state index in [9.17, 15) is 31.1 Å². The van der Waals surface area contributed by atoms with Crippen molar-refractivity contribution >= 4 is 10.9 Å². The first-order valence-corrected chi connectivity index (χ1v) is 7.41. The Balaban J connectivity index is 2.18. The number of aromatic amines is 1. The van der Waals surface area contributed by atoms with Crippen molar-refractivity contribution in [2.24, 2.45) is 0 Å². The number of nitrogens with zero attached hydrogens (tertiary/aromatic N) is 1. The molecule has 0 saturated carbocycles. The molecule has 138 valence electrons. The van der Waals surface area contributed by atoms with Crippen molar-refractivity contribution in [1.82, 2.24) is 4.98 Å². The second-order valence-electron chi connectivity index (χ2n) is 5.70. The third-order valence-electron chi connectivity index (χ3n) is 4.03. The predicted molar refractivity (Wildman–Crippen MR) is 83.4 cm³/mol. The maximum atomic E-state index is 14.3. The average molecular weight is 382 g/mol. The molecular weight excluding hydrogens is 374 g/mol. The molecule has 0 saturated heterocycles. The van der Waals surface area contributed by atoms with Crippen LogP contribution in [0.4, 0.5) is 26.3 Å². The first-order chi connectivity index (χ1) is 12.6. The Morgan fingerprint density at radius 3 is 2.37 bits per heavy atom. The Hall–Kier alpha value is -3.28. The van der Waals surface area contributed by atoms with Gasteiger partial charge in [-0.2, -0.15) is 18.4 Å². The fraction of sp³-hybridized carbons (Fsp3) is 0.111. The first kappa shape index (κ1) is 18.5. The van der Waals surface area contributed by atoms with Crippen molar-refractivity contribution in [2.45, 2.75) is 12.6 Å². The van der Waals surface area contributed by atoms with E-state index in [2.05, 4.69) is 4.98 Å². The Morgan fingerprint density at radius 2 is 1.78 bits per heavy atom. The van der Waals surface area contributed by atoms with Crippen molar-refractivity contribution < 1.29 is 26.3 Å². The lowest BCUT2D eigenvalue weighted by Crippen LogP contribution is -2.11. The second kappa shape index (κ2) is 6.46. The molecule has 0 amide bonds. The van der Waals surface area contributed by atoms with Crippen LogP contribution in [0.5, 0.6) is 0 Å². The highest BCUT2D eigenvalue weighted by Crippen LogP contribution is 2.31. The number of H-pyrrole nitrogens is 1. The topological polar surface area (TPSA) is 56.6 Å². The minimum atomic E-state index is -4.75. The summed E-state index contributed by atoms with van der Waals surface area (Å²) in [5.41, 5.74) is -3.33. The van der Waals surface area contributed by atoms with Crippen LogP contribution in [-0.4, -0.2) is 4.98 Å². The molecule has 0 aliphatic carbocycles. The summed E-state index contributed by atoms with van der Waals surface area (Å²) >= 11 is 0. The molecule has 0 spiro atoms. The summed E-state index contributed by atoms with van der Waals surface area (Å²) < 4.78 is 80.1. The van der Waals surface area contributed by atoms with Gasteiger partial charge in [0, 0.05) is 18.2 Å². The number of nitriles is 1. The van der Waals surface area contributed by atoms with Gasteiger partial charge in [0.25, 0.3) is 0 Å². The number of aromatic nitrogens is 1. The van der Waals surface area contributed by atoms with E-state index in [0.29, 0.717) is 12.1 Å². The molecule has 0 aliphatic heterocycles. The zero-order valence-corrected chi connectivity index (χ0v) is 13.2. The number of fused-ring (bicyclic) bond motifs is 1. The van der Waals surface area contributed by atoms with Crippen LogP contribution in [0.25, 0.3) is 10.9 Å². The molecule has 0 radical (unpaired) electrons. The largest absolute Gasteiger partial charge is 0.416 e. The van der Waals surface area contributed by atoms with Gasteiger partial charge in [-0.05, 0) is 23.8 Å². The van der Waals surface area contributed by atoms with Gasteiger partial charge >= 0.3 is 6.18 Å². The molecule has 1 N–H and O–H groups in total. The molecule has 1 aromatic heterocycles. The van der Waals surface area contributed by atoms with Gasteiger partial charge < -0.3 is 4.98 Å². The van der Waals surface area contributed by atoms with E-state index in [4.69, 9.17) is 5.26 Å². The molecule has 0 atom stereocenters. The van der Waals surface area contributed by atoms with E-state index in [1.54, 1.807) is 6.07 Å². The number of halogens is 6. The van der Waals surface area contributed by atoms with Crippen LogP contribution in [-0.2, 0) is 12.6 Å². The standard InChI is InChI=1S/C18H8F6N2O/c19-13-4-10(18(22,23)24)2-1-8(13)3-11-15(21)14(20)5-12-16(11)26-7-9(6-25)17(12)27/h1-2,4-5,7H,3H2,(H,26,27). The number of nitrogens with one attached hydrogen (secondary N) is 1. The number of pyridine rings is 1. The summed E-state index contributed by atoms with van der Waals surface area (Å²) in [5.74, 6) is -4.02. The van der Waals surface area contributed by atoms with Crippen molar-refractivity contribution in [3.8, 4) is 6.07 Å². The first-order valence-electron chi connectivity index (χ1n) is 7.41. The van der Waals surface area contributed by atoms with E-state index < -0.39 is 46.6 Å². The smallest absolute Gasteiger partial charge is 0.359 e. The third kappa shape index (κ3) is 3.26. The molecule has 27 heavy (non-hydrogen) atoms. The summed E-state index contributed by atoms with van der Waals surface area (Å²) in [5, 5.41) is 8.53. The molecule has 0 unspecified atom stereocenters. The van der Waals surface area contributed by atoms with Gasteiger partial charge in [-0.3, -0.25) is 4.79 Å². The SMILES string of the molecule is N#Cc1c[nH]c2c(Cc3ccc(C(F)(F)F)cc3F)c(F)c(F)cc2c1=O. The maximum Gasteiger partial charge on any atom is 0.416 e. The van der Waals surface area contributed by atoms with Gasteiger partial charge in [-0.15, -0.1) is 0 Å². The molecule has 3 aromatic rings. The Labute approximate surface area is 147 Å². The van der Waals surface area contributed by atoms with Crippen molar-refractivity contribution in [1.29, 1.82) is 5.26 Å². The zero-order chi connectivity index (χ0) is 19.9. The minimum absolute atomic E-state index is 0.169. The number of hydrogen-bond donors (Lipinski definition) is 1. The number of alkyl halides is 3. The Bertz CT molecular complexity index is 1160. The van der Waals surface area contributed by atoms with Crippen LogP contribution in [0.1, 0.15) is 22.3 Å². The molecule has 9 heteroatoms.